The third-order valence-electron chi connectivity index (χ3n) is 2.91. The van der Waals surface area contributed by atoms with Crippen molar-refractivity contribution in [2.75, 3.05) is 11.9 Å². The molecule has 1 amide bonds. The standard InChI is InChI=1S/C15H20N4O/c1-3-16-9-12-5-4-6-14(7-12)18-15(20)8-13-10-17-19(2)11-13/h4-7,10-11,16H,3,8-9H2,1-2H3,(H,18,20). The predicted octanol–water partition coefficient (Wildman–Crippen LogP) is 1.71. The number of aromatic nitrogens is 2. The van der Waals surface area contributed by atoms with E-state index in [1.165, 1.54) is 0 Å². The van der Waals surface area contributed by atoms with E-state index < -0.39 is 0 Å². The molecule has 0 aliphatic carbocycles. The van der Waals surface area contributed by atoms with E-state index in [2.05, 4.69) is 22.7 Å². The van der Waals surface area contributed by atoms with Gasteiger partial charge in [-0.1, -0.05) is 19.1 Å². The van der Waals surface area contributed by atoms with Gasteiger partial charge in [0.15, 0.2) is 0 Å². The van der Waals surface area contributed by atoms with E-state index in [1.54, 1.807) is 10.9 Å². The Balaban J connectivity index is 1.93. The molecule has 0 aliphatic heterocycles. The fourth-order valence-corrected chi connectivity index (χ4v) is 1.98. The summed E-state index contributed by atoms with van der Waals surface area (Å²) in [6.45, 7) is 3.81. The number of hydrogen-bond donors (Lipinski definition) is 2. The number of benzene rings is 1. The van der Waals surface area contributed by atoms with Crippen molar-refractivity contribution >= 4 is 11.6 Å². The number of carbonyl (C=O) groups excluding carboxylic acids is 1. The van der Waals surface area contributed by atoms with Crippen molar-refractivity contribution in [3.63, 3.8) is 0 Å². The van der Waals surface area contributed by atoms with Gasteiger partial charge in [0.2, 0.25) is 5.91 Å². The van der Waals surface area contributed by atoms with E-state index in [0.29, 0.717) is 6.42 Å². The van der Waals surface area contributed by atoms with E-state index in [1.807, 2.05) is 37.5 Å². The molecule has 0 spiro atoms. The first-order valence-electron chi connectivity index (χ1n) is 6.74. The van der Waals surface area contributed by atoms with Crippen LogP contribution in [0.5, 0.6) is 0 Å². The van der Waals surface area contributed by atoms with Crippen LogP contribution in [0.1, 0.15) is 18.1 Å². The van der Waals surface area contributed by atoms with E-state index in [0.717, 1.165) is 29.9 Å². The molecule has 106 valence electrons. The molecule has 5 nitrogen and oxygen atoms in total. The van der Waals surface area contributed by atoms with Crippen LogP contribution in [0.15, 0.2) is 36.7 Å². The highest BCUT2D eigenvalue weighted by Gasteiger charge is 2.06. The molecule has 20 heavy (non-hydrogen) atoms. The number of anilines is 1. The maximum absolute atomic E-state index is 12.0. The molecule has 2 rings (SSSR count). The van der Waals surface area contributed by atoms with Gasteiger partial charge in [0.1, 0.15) is 0 Å². The summed E-state index contributed by atoms with van der Waals surface area (Å²) >= 11 is 0. The third kappa shape index (κ3) is 4.20. The number of amides is 1. The highest BCUT2D eigenvalue weighted by molar-refractivity contribution is 5.92. The van der Waals surface area contributed by atoms with Crippen molar-refractivity contribution in [2.45, 2.75) is 19.9 Å². The summed E-state index contributed by atoms with van der Waals surface area (Å²) in [6.07, 6.45) is 3.90. The number of nitrogens with zero attached hydrogens (tertiary/aromatic N) is 2. The lowest BCUT2D eigenvalue weighted by Crippen LogP contribution is -2.15. The molecular weight excluding hydrogens is 252 g/mol. The maximum atomic E-state index is 12.0. The van der Waals surface area contributed by atoms with Gasteiger partial charge in [0.25, 0.3) is 0 Å². The first kappa shape index (κ1) is 14.3. The average Bonchev–Trinajstić information content (AvgIpc) is 2.82. The van der Waals surface area contributed by atoms with Gasteiger partial charge in [0.05, 0.1) is 12.6 Å². The molecule has 0 saturated carbocycles. The SMILES string of the molecule is CCNCc1cccc(NC(=O)Cc2cnn(C)c2)c1. The summed E-state index contributed by atoms with van der Waals surface area (Å²) in [4.78, 5) is 12.0. The van der Waals surface area contributed by atoms with Crippen LogP contribution in [-0.4, -0.2) is 22.2 Å². The summed E-state index contributed by atoms with van der Waals surface area (Å²) in [5.41, 5.74) is 2.90. The quantitative estimate of drug-likeness (QED) is 0.841. The summed E-state index contributed by atoms with van der Waals surface area (Å²) in [7, 11) is 1.84. The lowest BCUT2D eigenvalue weighted by molar-refractivity contribution is -0.115. The Bertz CT molecular complexity index is 577. The first-order chi connectivity index (χ1) is 9.67. The molecule has 2 aromatic rings. The lowest BCUT2D eigenvalue weighted by atomic mass is 10.2. The van der Waals surface area contributed by atoms with Gasteiger partial charge >= 0.3 is 0 Å². The molecule has 1 aromatic heterocycles. The molecule has 1 aromatic carbocycles. The van der Waals surface area contributed by atoms with Crippen molar-refractivity contribution < 1.29 is 4.79 Å². The van der Waals surface area contributed by atoms with Crippen LogP contribution >= 0.6 is 0 Å². The van der Waals surface area contributed by atoms with Gasteiger partial charge < -0.3 is 10.6 Å². The van der Waals surface area contributed by atoms with Crippen LogP contribution in [0.25, 0.3) is 0 Å². The second-order valence-corrected chi connectivity index (χ2v) is 4.73. The van der Waals surface area contributed by atoms with Gasteiger partial charge in [-0.15, -0.1) is 0 Å². The van der Waals surface area contributed by atoms with Gasteiger partial charge in [0, 0.05) is 25.5 Å². The molecule has 5 heteroatoms. The van der Waals surface area contributed by atoms with Crippen molar-refractivity contribution in [1.82, 2.24) is 15.1 Å². The summed E-state index contributed by atoms with van der Waals surface area (Å²) < 4.78 is 1.69. The van der Waals surface area contributed by atoms with Crippen LogP contribution in [0, 0.1) is 0 Å². The Morgan fingerprint density at radius 1 is 1.35 bits per heavy atom. The Morgan fingerprint density at radius 2 is 2.20 bits per heavy atom. The van der Waals surface area contributed by atoms with E-state index in [9.17, 15) is 4.79 Å². The Hall–Kier alpha value is -2.14. The zero-order valence-electron chi connectivity index (χ0n) is 11.9. The molecule has 2 N–H and O–H groups in total. The minimum atomic E-state index is -0.0291. The largest absolute Gasteiger partial charge is 0.326 e. The molecule has 0 atom stereocenters. The molecule has 0 saturated heterocycles. The highest BCUT2D eigenvalue weighted by Crippen LogP contribution is 2.11. The van der Waals surface area contributed by atoms with E-state index in [-0.39, 0.29) is 5.91 Å². The molecule has 0 unspecified atom stereocenters. The van der Waals surface area contributed by atoms with Crippen molar-refractivity contribution in [3.8, 4) is 0 Å². The van der Waals surface area contributed by atoms with Crippen LogP contribution in [-0.2, 0) is 24.8 Å². The highest BCUT2D eigenvalue weighted by atomic mass is 16.1. The Labute approximate surface area is 119 Å². The summed E-state index contributed by atoms with van der Waals surface area (Å²) in [5.74, 6) is -0.0291. The Morgan fingerprint density at radius 3 is 2.90 bits per heavy atom. The maximum Gasteiger partial charge on any atom is 0.228 e. The van der Waals surface area contributed by atoms with Crippen molar-refractivity contribution in [3.05, 3.63) is 47.8 Å². The zero-order chi connectivity index (χ0) is 14.4. The fraction of sp³-hybridized carbons (Fsp3) is 0.333. The van der Waals surface area contributed by atoms with Gasteiger partial charge in [-0.05, 0) is 29.8 Å². The van der Waals surface area contributed by atoms with Crippen molar-refractivity contribution in [2.24, 2.45) is 7.05 Å². The molecule has 0 bridgehead atoms. The van der Waals surface area contributed by atoms with Crippen molar-refractivity contribution in [1.29, 1.82) is 0 Å². The monoisotopic (exact) mass is 272 g/mol. The van der Waals surface area contributed by atoms with E-state index >= 15 is 0 Å². The number of carbonyl (C=O) groups is 1. The topological polar surface area (TPSA) is 58.9 Å². The zero-order valence-corrected chi connectivity index (χ0v) is 11.9. The number of rotatable bonds is 6. The second-order valence-electron chi connectivity index (χ2n) is 4.73. The second kappa shape index (κ2) is 6.86. The number of aryl methyl sites for hydroxylation is 1. The average molecular weight is 272 g/mol. The molecule has 0 fully saturated rings. The number of nitrogens with one attached hydrogen (secondary N) is 2. The summed E-state index contributed by atoms with van der Waals surface area (Å²) in [6, 6.07) is 7.88. The lowest BCUT2D eigenvalue weighted by Gasteiger charge is -2.07. The van der Waals surface area contributed by atoms with Crippen LogP contribution in [0.4, 0.5) is 5.69 Å². The third-order valence-corrected chi connectivity index (χ3v) is 2.91. The number of hydrogen-bond acceptors (Lipinski definition) is 3. The molecule has 1 heterocycles. The first-order valence-corrected chi connectivity index (χ1v) is 6.74. The minimum absolute atomic E-state index is 0.0291. The Kier molecular flexibility index (Phi) is 4.90. The molecule has 0 aliphatic rings. The molecular formula is C15H20N4O. The van der Waals surface area contributed by atoms with Crippen LogP contribution in [0.2, 0.25) is 0 Å². The van der Waals surface area contributed by atoms with Crippen LogP contribution < -0.4 is 10.6 Å². The molecule has 0 radical (unpaired) electrons. The normalized spacial score (nSPS) is 10.5. The summed E-state index contributed by atoms with van der Waals surface area (Å²) in [5, 5.41) is 10.2. The minimum Gasteiger partial charge on any atom is -0.326 e. The predicted molar refractivity (Wildman–Crippen MR) is 79.4 cm³/mol. The van der Waals surface area contributed by atoms with Gasteiger partial charge in [-0.2, -0.15) is 5.10 Å². The fourth-order valence-electron chi connectivity index (χ4n) is 1.98. The van der Waals surface area contributed by atoms with Crippen LogP contribution in [0.3, 0.4) is 0 Å². The van der Waals surface area contributed by atoms with E-state index in [4.69, 9.17) is 0 Å². The van der Waals surface area contributed by atoms with Gasteiger partial charge in [-0.3, -0.25) is 9.48 Å². The smallest absolute Gasteiger partial charge is 0.228 e. The van der Waals surface area contributed by atoms with Gasteiger partial charge in [-0.25, -0.2) is 0 Å².